The van der Waals surface area contributed by atoms with E-state index in [2.05, 4.69) is 17.0 Å². The number of halogens is 2. The van der Waals surface area contributed by atoms with Crippen LogP contribution >= 0.6 is 24.0 Å². The van der Waals surface area contributed by atoms with Crippen molar-refractivity contribution in [1.82, 2.24) is 4.90 Å². The maximum Gasteiger partial charge on any atom is 0.338 e. The topological polar surface area (TPSA) is 29.5 Å². The number of rotatable bonds is 4. The zero-order valence-corrected chi connectivity index (χ0v) is 15.9. The van der Waals surface area contributed by atoms with Gasteiger partial charge in [-0.05, 0) is 49.6 Å². The van der Waals surface area contributed by atoms with Gasteiger partial charge in [0, 0.05) is 24.7 Å². The summed E-state index contributed by atoms with van der Waals surface area (Å²) in [5.74, 6) is -0.217. The molecule has 1 saturated heterocycles. The van der Waals surface area contributed by atoms with Crippen molar-refractivity contribution in [2.45, 2.75) is 32.4 Å². The van der Waals surface area contributed by atoms with E-state index in [1.165, 1.54) is 5.56 Å². The molecule has 1 aliphatic rings. The van der Waals surface area contributed by atoms with Crippen LogP contribution in [0.25, 0.3) is 0 Å². The molecule has 0 bridgehead atoms. The first-order valence-electron chi connectivity index (χ1n) is 8.34. The van der Waals surface area contributed by atoms with Gasteiger partial charge in [-0.15, -0.1) is 12.4 Å². The lowest BCUT2D eigenvalue weighted by molar-refractivity contribution is 0.0104. The van der Waals surface area contributed by atoms with Gasteiger partial charge in [-0.1, -0.05) is 41.4 Å². The highest BCUT2D eigenvalue weighted by Crippen LogP contribution is 2.19. The van der Waals surface area contributed by atoms with Gasteiger partial charge >= 0.3 is 5.97 Å². The third kappa shape index (κ3) is 5.74. The fraction of sp³-hybridized carbons (Fsp3) is 0.350. The van der Waals surface area contributed by atoms with Gasteiger partial charge in [-0.3, -0.25) is 4.90 Å². The number of esters is 1. The Morgan fingerprint density at radius 2 is 1.68 bits per heavy atom. The zero-order valence-electron chi connectivity index (χ0n) is 14.3. The Bertz CT molecular complexity index is 678. The van der Waals surface area contributed by atoms with E-state index in [4.69, 9.17) is 16.3 Å². The van der Waals surface area contributed by atoms with Crippen LogP contribution in [0.15, 0.2) is 48.5 Å². The SMILES string of the molecule is Cc1ccc(C(=O)OC2CCN(Cc3ccc(Cl)cc3)CC2)cc1.Cl. The normalized spacial score (nSPS) is 15.4. The molecule has 25 heavy (non-hydrogen) atoms. The predicted octanol–water partition coefficient (Wildman–Crippen LogP) is 4.89. The van der Waals surface area contributed by atoms with E-state index in [0.717, 1.165) is 43.1 Å². The second-order valence-electron chi connectivity index (χ2n) is 6.37. The summed E-state index contributed by atoms with van der Waals surface area (Å²) in [5.41, 5.74) is 3.03. The number of aryl methyl sites for hydroxylation is 1. The van der Waals surface area contributed by atoms with Crippen molar-refractivity contribution in [1.29, 1.82) is 0 Å². The molecule has 0 N–H and O–H groups in total. The van der Waals surface area contributed by atoms with Crippen LogP contribution in [0.5, 0.6) is 0 Å². The maximum atomic E-state index is 12.2. The van der Waals surface area contributed by atoms with Crippen molar-refractivity contribution in [2.24, 2.45) is 0 Å². The summed E-state index contributed by atoms with van der Waals surface area (Å²) in [6.07, 6.45) is 1.77. The van der Waals surface area contributed by atoms with Gasteiger partial charge in [0.25, 0.3) is 0 Å². The van der Waals surface area contributed by atoms with Crippen LogP contribution in [-0.2, 0) is 11.3 Å². The average Bonchev–Trinajstić information content (AvgIpc) is 2.59. The molecule has 0 radical (unpaired) electrons. The molecule has 3 rings (SSSR count). The lowest BCUT2D eigenvalue weighted by atomic mass is 10.1. The molecule has 1 heterocycles. The Balaban J connectivity index is 0.00000225. The fourth-order valence-corrected chi connectivity index (χ4v) is 3.07. The van der Waals surface area contributed by atoms with Crippen molar-refractivity contribution in [3.63, 3.8) is 0 Å². The van der Waals surface area contributed by atoms with E-state index in [0.29, 0.717) is 5.56 Å². The minimum atomic E-state index is -0.217. The number of carbonyl (C=O) groups excluding carboxylic acids is 1. The molecule has 3 nitrogen and oxygen atoms in total. The summed E-state index contributed by atoms with van der Waals surface area (Å²) in [6, 6.07) is 15.5. The number of likely N-dealkylation sites (tertiary alicyclic amines) is 1. The maximum absolute atomic E-state index is 12.2. The molecule has 0 aliphatic carbocycles. The molecule has 5 heteroatoms. The molecule has 2 aromatic rings. The molecule has 0 aromatic heterocycles. The number of hydrogen-bond acceptors (Lipinski definition) is 3. The van der Waals surface area contributed by atoms with Gasteiger partial charge in [-0.25, -0.2) is 4.79 Å². The van der Waals surface area contributed by atoms with Crippen molar-refractivity contribution < 1.29 is 9.53 Å². The first kappa shape index (κ1) is 19.8. The summed E-state index contributed by atoms with van der Waals surface area (Å²) < 4.78 is 5.65. The minimum absolute atomic E-state index is 0. The van der Waals surface area contributed by atoms with Gasteiger partial charge in [0.05, 0.1) is 5.56 Å². The van der Waals surface area contributed by atoms with Crippen molar-refractivity contribution in [3.05, 3.63) is 70.2 Å². The molecule has 0 saturated carbocycles. The first-order chi connectivity index (χ1) is 11.6. The van der Waals surface area contributed by atoms with Crippen LogP contribution in [0.2, 0.25) is 5.02 Å². The third-order valence-corrected chi connectivity index (χ3v) is 4.67. The molecule has 0 atom stereocenters. The Kier molecular flexibility index (Phi) is 7.30. The lowest BCUT2D eigenvalue weighted by Gasteiger charge is -2.31. The van der Waals surface area contributed by atoms with Crippen LogP contribution in [-0.4, -0.2) is 30.1 Å². The second-order valence-corrected chi connectivity index (χ2v) is 6.81. The van der Waals surface area contributed by atoms with E-state index in [9.17, 15) is 4.79 Å². The summed E-state index contributed by atoms with van der Waals surface area (Å²) in [4.78, 5) is 14.6. The highest BCUT2D eigenvalue weighted by atomic mass is 35.5. The monoisotopic (exact) mass is 379 g/mol. The number of piperidine rings is 1. The van der Waals surface area contributed by atoms with Crippen molar-refractivity contribution >= 4 is 30.0 Å². The van der Waals surface area contributed by atoms with E-state index >= 15 is 0 Å². The molecular weight excluding hydrogens is 357 g/mol. The van der Waals surface area contributed by atoms with Gasteiger partial charge in [0.1, 0.15) is 6.10 Å². The van der Waals surface area contributed by atoms with E-state index in [1.807, 2.05) is 43.3 Å². The first-order valence-corrected chi connectivity index (χ1v) is 8.72. The van der Waals surface area contributed by atoms with Crippen LogP contribution in [0, 0.1) is 6.92 Å². The Labute approximate surface area is 160 Å². The zero-order chi connectivity index (χ0) is 16.9. The van der Waals surface area contributed by atoms with E-state index < -0.39 is 0 Å². The molecule has 1 fully saturated rings. The quantitative estimate of drug-likeness (QED) is 0.708. The third-order valence-electron chi connectivity index (χ3n) is 4.42. The van der Waals surface area contributed by atoms with Gasteiger partial charge in [0.2, 0.25) is 0 Å². The largest absolute Gasteiger partial charge is 0.459 e. The number of hydrogen-bond donors (Lipinski definition) is 0. The average molecular weight is 380 g/mol. The van der Waals surface area contributed by atoms with Gasteiger partial charge in [-0.2, -0.15) is 0 Å². The number of ether oxygens (including phenoxy) is 1. The molecule has 0 unspecified atom stereocenters. The van der Waals surface area contributed by atoms with Crippen LogP contribution < -0.4 is 0 Å². The Morgan fingerprint density at radius 1 is 1.08 bits per heavy atom. The molecule has 0 amide bonds. The fourth-order valence-electron chi connectivity index (χ4n) is 2.94. The summed E-state index contributed by atoms with van der Waals surface area (Å²) in [7, 11) is 0. The number of benzene rings is 2. The highest BCUT2D eigenvalue weighted by molar-refractivity contribution is 6.30. The summed E-state index contributed by atoms with van der Waals surface area (Å²) in [6.45, 7) is 4.80. The molecule has 0 spiro atoms. The standard InChI is InChI=1S/C20H22ClNO2.ClH/c1-15-2-6-17(7-3-15)20(23)24-19-10-12-22(13-11-19)14-16-4-8-18(21)9-5-16;/h2-9,19H,10-14H2,1H3;1H. The Morgan fingerprint density at radius 3 is 2.28 bits per heavy atom. The second kappa shape index (κ2) is 9.23. The van der Waals surface area contributed by atoms with Crippen molar-refractivity contribution in [2.75, 3.05) is 13.1 Å². The molecular formula is C20H23Cl2NO2. The van der Waals surface area contributed by atoms with E-state index in [1.54, 1.807) is 0 Å². The lowest BCUT2D eigenvalue weighted by Crippen LogP contribution is -2.37. The summed E-state index contributed by atoms with van der Waals surface area (Å²) in [5, 5.41) is 0.764. The van der Waals surface area contributed by atoms with Crippen LogP contribution in [0.4, 0.5) is 0 Å². The van der Waals surface area contributed by atoms with E-state index in [-0.39, 0.29) is 24.5 Å². The molecule has 134 valence electrons. The van der Waals surface area contributed by atoms with Gasteiger partial charge < -0.3 is 4.74 Å². The molecule has 2 aromatic carbocycles. The Hall–Kier alpha value is -1.55. The minimum Gasteiger partial charge on any atom is -0.459 e. The predicted molar refractivity (Wildman–Crippen MR) is 104 cm³/mol. The smallest absolute Gasteiger partial charge is 0.338 e. The number of carbonyl (C=O) groups is 1. The van der Waals surface area contributed by atoms with Crippen LogP contribution in [0.1, 0.15) is 34.3 Å². The van der Waals surface area contributed by atoms with Gasteiger partial charge in [0.15, 0.2) is 0 Å². The summed E-state index contributed by atoms with van der Waals surface area (Å²) >= 11 is 5.92. The highest BCUT2D eigenvalue weighted by Gasteiger charge is 2.22. The number of nitrogens with zero attached hydrogens (tertiary/aromatic N) is 1. The molecule has 1 aliphatic heterocycles. The van der Waals surface area contributed by atoms with Crippen molar-refractivity contribution in [3.8, 4) is 0 Å². The van der Waals surface area contributed by atoms with Crippen LogP contribution in [0.3, 0.4) is 0 Å².